The van der Waals surface area contributed by atoms with Crippen molar-refractivity contribution >= 4 is 34.9 Å². The van der Waals surface area contributed by atoms with Gasteiger partial charge in [0.05, 0.1) is 6.61 Å². The van der Waals surface area contributed by atoms with Crippen molar-refractivity contribution < 1.29 is 4.74 Å². The van der Waals surface area contributed by atoms with E-state index in [9.17, 15) is 0 Å². The summed E-state index contributed by atoms with van der Waals surface area (Å²) in [7, 11) is 1.68. The largest absolute Gasteiger partial charge is 0.383 e. The van der Waals surface area contributed by atoms with Crippen LogP contribution < -0.4 is 20.4 Å². The van der Waals surface area contributed by atoms with E-state index in [4.69, 9.17) is 26.9 Å². The van der Waals surface area contributed by atoms with Gasteiger partial charge in [-0.1, -0.05) is 0 Å². The van der Waals surface area contributed by atoms with E-state index in [1.807, 2.05) is 0 Å². The summed E-state index contributed by atoms with van der Waals surface area (Å²) in [5.41, 5.74) is 0. The maximum Gasteiger partial charge on any atom is 0.232 e. The summed E-state index contributed by atoms with van der Waals surface area (Å²) >= 11 is 5.39. The van der Waals surface area contributed by atoms with Gasteiger partial charge in [-0.3, -0.25) is 0 Å². The molecule has 1 atom stereocenters. The van der Waals surface area contributed by atoms with E-state index in [2.05, 4.69) is 33.4 Å². The predicted molar refractivity (Wildman–Crippen MR) is 115 cm³/mol. The maximum atomic E-state index is 5.39. The molecule has 150 valence electrons. The number of nitrogens with one attached hydrogen (secondary N) is 2. The smallest absolute Gasteiger partial charge is 0.232 e. The van der Waals surface area contributed by atoms with Crippen LogP contribution in [0.15, 0.2) is 6.07 Å². The number of hydrogen-bond donors (Lipinski definition) is 2. The molecule has 0 bridgehead atoms. The van der Waals surface area contributed by atoms with Gasteiger partial charge in [-0.2, -0.15) is 9.97 Å². The molecule has 2 fully saturated rings. The number of thiocarbonyl (C=S) groups is 1. The molecule has 8 heteroatoms. The highest BCUT2D eigenvalue weighted by molar-refractivity contribution is 7.80. The summed E-state index contributed by atoms with van der Waals surface area (Å²) < 4.78 is 5.06. The summed E-state index contributed by atoms with van der Waals surface area (Å²) in [5, 5.41) is 6.82. The molecule has 2 N–H and O–H groups in total. The van der Waals surface area contributed by atoms with Gasteiger partial charge in [0, 0.05) is 45.4 Å². The van der Waals surface area contributed by atoms with Crippen LogP contribution in [0.4, 0.5) is 17.6 Å². The minimum Gasteiger partial charge on any atom is -0.383 e. The van der Waals surface area contributed by atoms with Crippen LogP contribution in [0.5, 0.6) is 0 Å². The lowest BCUT2D eigenvalue weighted by atomic mass is 10.0. The number of hydrogen-bond acceptors (Lipinski definition) is 6. The summed E-state index contributed by atoms with van der Waals surface area (Å²) in [5.74, 6) is 2.57. The topological polar surface area (TPSA) is 65.6 Å². The Labute approximate surface area is 167 Å². The highest BCUT2D eigenvalue weighted by atomic mass is 32.1. The van der Waals surface area contributed by atoms with Crippen LogP contribution in [0.3, 0.4) is 0 Å². The molecule has 1 aromatic rings. The van der Waals surface area contributed by atoms with Crippen molar-refractivity contribution in [2.75, 3.05) is 55.0 Å². The monoisotopic (exact) mass is 392 g/mol. The average molecular weight is 393 g/mol. The first kappa shape index (κ1) is 20.1. The Bertz CT molecular complexity index is 622. The highest BCUT2D eigenvalue weighted by Crippen LogP contribution is 2.28. The third-order valence-electron chi connectivity index (χ3n) is 5.29. The molecule has 0 radical (unpaired) electrons. The Hall–Kier alpha value is -1.67. The third-order valence-corrected chi connectivity index (χ3v) is 5.54. The molecule has 2 saturated heterocycles. The van der Waals surface area contributed by atoms with Crippen molar-refractivity contribution in [1.82, 2.24) is 15.3 Å². The van der Waals surface area contributed by atoms with Crippen LogP contribution in [-0.4, -0.2) is 61.0 Å². The van der Waals surface area contributed by atoms with Gasteiger partial charge in [0.1, 0.15) is 11.6 Å². The number of ether oxygens (including phenoxy) is 1. The zero-order valence-corrected chi connectivity index (χ0v) is 17.4. The summed E-state index contributed by atoms with van der Waals surface area (Å²) in [6, 6.07) is 2.65. The van der Waals surface area contributed by atoms with Gasteiger partial charge in [-0.25, -0.2) is 0 Å². The van der Waals surface area contributed by atoms with E-state index >= 15 is 0 Å². The normalized spacial score (nSPS) is 20.4. The molecule has 0 aliphatic carbocycles. The lowest BCUT2D eigenvalue weighted by molar-refractivity contribution is 0.204. The van der Waals surface area contributed by atoms with Crippen LogP contribution in [0, 0.1) is 0 Å². The molecule has 0 aromatic carbocycles. The quantitative estimate of drug-likeness (QED) is 0.566. The molecule has 0 amide bonds. The van der Waals surface area contributed by atoms with E-state index < -0.39 is 0 Å². The zero-order chi connectivity index (χ0) is 19.1. The first-order valence-electron chi connectivity index (χ1n) is 10.1. The molecule has 0 unspecified atom stereocenters. The molecule has 0 spiro atoms. The second-order valence-corrected chi connectivity index (χ2v) is 7.78. The molecule has 3 rings (SSSR count). The minimum atomic E-state index is 0.502. The fourth-order valence-electron chi connectivity index (χ4n) is 3.76. The number of aromatic nitrogens is 2. The molecule has 0 saturated carbocycles. The zero-order valence-electron chi connectivity index (χ0n) is 16.5. The summed E-state index contributed by atoms with van der Waals surface area (Å²) in [4.78, 5) is 14.3. The Morgan fingerprint density at radius 2 is 1.89 bits per heavy atom. The number of piperidine rings is 2. The van der Waals surface area contributed by atoms with Gasteiger partial charge in [-0.05, 0) is 57.7 Å². The minimum absolute atomic E-state index is 0.502. The summed E-state index contributed by atoms with van der Waals surface area (Å²) in [6.45, 7) is 6.71. The van der Waals surface area contributed by atoms with E-state index in [1.165, 1.54) is 38.5 Å². The summed E-state index contributed by atoms with van der Waals surface area (Å²) in [6.07, 6.45) is 7.46. The van der Waals surface area contributed by atoms with E-state index in [1.54, 1.807) is 7.11 Å². The Balaban J connectivity index is 1.80. The first-order chi connectivity index (χ1) is 13.2. The number of nitrogens with zero attached hydrogens (tertiary/aromatic N) is 4. The van der Waals surface area contributed by atoms with Gasteiger partial charge in [0.15, 0.2) is 5.11 Å². The Morgan fingerprint density at radius 3 is 2.63 bits per heavy atom. The van der Waals surface area contributed by atoms with Crippen molar-refractivity contribution in [2.24, 2.45) is 0 Å². The maximum absolute atomic E-state index is 5.39. The molecular formula is C19H32N6OS. The molecule has 1 aromatic heterocycles. The number of anilines is 3. The molecule has 2 aliphatic rings. The van der Waals surface area contributed by atoms with Crippen LogP contribution >= 0.6 is 12.2 Å². The molecular weight excluding hydrogens is 360 g/mol. The van der Waals surface area contributed by atoms with E-state index in [0.717, 1.165) is 31.3 Å². The second-order valence-electron chi connectivity index (χ2n) is 7.37. The number of rotatable bonds is 6. The fraction of sp³-hybridized carbons (Fsp3) is 0.737. The van der Waals surface area contributed by atoms with Gasteiger partial charge >= 0.3 is 0 Å². The standard InChI is InChI=1S/C19H32N6OS/c1-15-8-4-7-12-25(15)17-14-16(24-10-5-3-6-11-24)21-18(22-17)23-19(27)20-9-13-26-2/h14-15H,3-13H2,1-2H3,(H2,20,21,22,23,27)/t15-/m0/s1. The lowest BCUT2D eigenvalue weighted by Crippen LogP contribution is -2.39. The Morgan fingerprint density at radius 1 is 1.15 bits per heavy atom. The number of methoxy groups -OCH3 is 1. The van der Waals surface area contributed by atoms with Gasteiger partial charge in [0.25, 0.3) is 0 Å². The SMILES string of the molecule is COCCNC(=S)Nc1nc(N2CCCCC2)cc(N2CCCC[C@@H]2C)n1. The van der Waals surface area contributed by atoms with Gasteiger partial charge < -0.3 is 25.2 Å². The predicted octanol–water partition coefficient (Wildman–Crippen LogP) is 2.78. The van der Waals surface area contributed by atoms with Crippen LogP contribution in [0.25, 0.3) is 0 Å². The molecule has 7 nitrogen and oxygen atoms in total. The lowest BCUT2D eigenvalue weighted by Gasteiger charge is -2.35. The Kier molecular flexibility index (Phi) is 7.46. The molecule has 2 aliphatic heterocycles. The van der Waals surface area contributed by atoms with Crippen molar-refractivity contribution in [3.63, 3.8) is 0 Å². The average Bonchev–Trinajstić information content (AvgIpc) is 2.69. The van der Waals surface area contributed by atoms with Gasteiger partial charge in [-0.15, -0.1) is 0 Å². The first-order valence-corrected chi connectivity index (χ1v) is 10.5. The third kappa shape index (κ3) is 5.65. The van der Waals surface area contributed by atoms with Crippen molar-refractivity contribution in [3.8, 4) is 0 Å². The van der Waals surface area contributed by atoms with Crippen LogP contribution in [-0.2, 0) is 4.74 Å². The fourth-order valence-corrected chi connectivity index (χ4v) is 3.95. The van der Waals surface area contributed by atoms with Gasteiger partial charge in [0.2, 0.25) is 5.95 Å². The molecule has 3 heterocycles. The van der Waals surface area contributed by atoms with Crippen molar-refractivity contribution in [1.29, 1.82) is 0 Å². The van der Waals surface area contributed by atoms with Crippen molar-refractivity contribution in [2.45, 2.75) is 51.5 Å². The van der Waals surface area contributed by atoms with Crippen LogP contribution in [0.2, 0.25) is 0 Å². The van der Waals surface area contributed by atoms with Crippen LogP contribution in [0.1, 0.15) is 45.4 Å². The van der Waals surface area contributed by atoms with Crippen molar-refractivity contribution in [3.05, 3.63) is 6.07 Å². The van der Waals surface area contributed by atoms with E-state index in [0.29, 0.717) is 30.3 Å². The molecule has 27 heavy (non-hydrogen) atoms. The van der Waals surface area contributed by atoms with E-state index in [-0.39, 0.29) is 0 Å². The second kappa shape index (κ2) is 10.0. The highest BCUT2D eigenvalue weighted by Gasteiger charge is 2.23.